The summed E-state index contributed by atoms with van der Waals surface area (Å²) in [5.41, 5.74) is 0.129. The highest BCUT2D eigenvalue weighted by molar-refractivity contribution is 14.0. The minimum absolute atomic E-state index is 0. The summed E-state index contributed by atoms with van der Waals surface area (Å²) >= 11 is 0. The highest BCUT2D eigenvalue weighted by atomic mass is 127. The van der Waals surface area contributed by atoms with Crippen LogP contribution in [0.5, 0.6) is 0 Å². The van der Waals surface area contributed by atoms with E-state index in [9.17, 15) is 18.0 Å². The van der Waals surface area contributed by atoms with Gasteiger partial charge in [0.05, 0.1) is 19.8 Å². The number of carbonyl (C=O) groups excluding carboxylic acids is 1. The van der Waals surface area contributed by atoms with E-state index in [-0.39, 0.29) is 35.9 Å². The molecule has 1 aliphatic carbocycles. The standard InChI is InChI=1S/C19H34F3N5O2.HI/c1-23-17(24-12-16(28)26(2)15-19(20,21)22)25-13-18(6-4-3-5-7-18)14-27-8-10-29-11-9-27;/h3-15H2,1-2H3,(H2,23,24,25);1H. The molecule has 1 amide bonds. The molecule has 1 saturated heterocycles. The Bertz CT molecular complexity index is 551. The van der Waals surface area contributed by atoms with Gasteiger partial charge in [0.25, 0.3) is 0 Å². The fraction of sp³-hybridized carbons (Fsp3) is 0.895. The fourth-order valence-corrected chi connectivity index (χ4v) is 4.07. The SMILES string of the molecule is CN=C(NCC(=O)N(C)CC(F)(F)F)NCC1(CN2CCOCC2)CCCCC1.I. The first-order chi connectivity index (χ1) is 13.7. The molecule has 2 N–H and O–H groups in total. The molecule has 2 fully saturated rings. The van der Waals surface area contributed by atoms with Crippen molar-refractivity contribution in [3.05, 3.63) is 0 Å². The predicted molar refractivity (Wildman–Crippen MR) is 121 cm³/mol. The second kappa shape index (κ2) is 12.9. The number of alkyl halides is 3. The van der Waals surface area contributed by atoms with Gasteiger partial charge in [0, 0.05) is 45.7 Å². The monoisotopic (exact) mass is 549 g/mol. The third-order valence-corrected chi connectivity index (χ3v) is 5.68. The van der Waals surface area contributed by atoms with Crippen LogP contribution in [0.25, 0.3) is 0 Å². The summed E-state index contributed by atoms with van der Waals surface area (Å²) in [6, 6.07) is 0. The van der Waals surface area contributed by atoms with Gasteiger partial charge in [-0.25, -0.2) is 0 Å². The Morgan fingerprint density at radius 2 is 1.80 bits per heavy atom. The summed E-state index contributed by atoms with van der Waals surface area (Å²) in [6.45, 7) is 3.62. The van der Waals surface area contributed by atoms with Gasteiger partial charge in [0.15, 0.2) is 5.96 Å². The minimum atomic E-state index is -4.41. The van der Waals surface area contributed by atoms with E-state index in [4.69, 9.17) is 4.74 Å². The number of nitrogens with zero attached hydrogens (tertiary/aromatic N) is 3. The van der Waals surface area contributed by atoms with Crippen LogP contribution in [-0.2, 0) is 9.53 Å². The van der Waals surface area contributed by atoms with Crippen molar-refractivity contribution < 1.29 is 22.7 Å². The van der Waals surface area contributed by atoms with Gasteiger partial charge in [0.1, 0.15) is 6.54 Å². The maximum absolute atomic E-state index is 12.4. The number of rotatable bonds is 7. The molecule has 2 rings (SSSR count). The van der Waals surface area contributed by atoms with Crippen molar-refractivity contribution in [3.63, 3.8) is 0 Å². The van der Waals surface area contributed by atoms with Crippen molar-refractivity contribution in [1.29, 1.82) is 0 Å². The molecule has 1 saturated carbocycles. The van der Waals surface area contributed by atoms with E-state index in [2.05, 4.69) is 20.5 Å². The van der Waals surface area contributed by atoms with Crippen molar-refractivity contribution in [1.82, 2.24) is 20.4 Å². The first-order valence-corrected chi connectivity index (χ1v) is 10.3. The number of amides is 1. The molecule has 176 valence electrons. The lowest BCUT2D eigenvalue weighted by Crippen LogP contribution is -2.52. The van der Waals surface area contributed by atoms with E-state index in [1.54, 1.807) is 7.05 Å². The van der Waals surface area contributed by atoms with Gasteiger partial charge in [-0.2, -0.15) is 13.2 Å². The molecule has 0 radical (unpaired) electrons. The number of hydrogen-bond donors (Lipinski definition) is 2. The molecular weight excluding hydrogens is 514 g/mol. The lowest BCUT2D eigenvalue weighted by molar-refractivity contribution is -0.157. The number of likely N-dealkylation sites (N-methyl/N-ethyl adjacent to an activating group) is 1. The molecule has 0 spiro atoms. The molecule has 30 heavy (non-hydrogen) atoms. The zero-order valence-electron chi connectivity index (χ0n) is 17.9. The number of morpholine rings is 1. The average Bonchev–Trinajstić information content (AvgIpc) is 2.68. The Kier molecular flexibility index (Phi) is 11.7. The van der Waals surface area contributed by atoms with E-state index in [0.29, 0.717) is 10.9 Å². The van der Waals surface area contributed by atoms with Crippen LogP contribution in [0.2, 0.25) is 0 Å². The lowest BCUT2D eigenvalue weighted by Gasteiger charge is -2.42. The molecule has 1 aliphatic heterocycles. The van der Waals surface area contributed by atoms with Crippen LogP contribution >= 0.6 is 24.0 Å². The van der Waals surface area contributed by atoms with Crippen LogP contribution in [0.1, 0.15) is 32.1 Å². The van der Waals surface area contributed by atoms with Crippen LogP contribution in [-0.4, -0.2) is 94.4 Å². The second-order valence-corrected chi connectivity index (χ2v) is 8.09. The summed E-state index contributed by atoms with van der Waals surface area (Å²) in [7, 11) is 2.74. The molecule has 0 bridgehead atoms. The van der Waals surface area contributed by atoms with Crippen LogP contribution < -0.4 is 10.6 Å². The van der Waals surface area contributed by atoms with E-state index in [1.165, 1.54) is 19.3 Å². The average molecular weight is 549 g/mol. The van der Waals surface area contributed by atoms with Crippen LogP contribution in [0, 0.1) is 5.41 Å². The van der Waals surface area contributed by atoms with Crippen molar-refractivity contribution in [2.24, 2.45) is 10.4 Å². The smallest absolute Gasteiger partial charge is 0.379 e. The van der Waals surface area contributed by atoms with Crippen molar-refractivity contribution in [3.8, 4) is 0 Å². The number of halogens is 4. The second-order valence-electron chi connectivity index (χ2n) is 8.09. The van der Waals surface area contributed by atoms with Crippen LogP contribution in [0.4, 0.5) is 13.2 Å². The normalized spacial score (nSPS) is 20.2. The maximum atomic E-state index is 12.4. The quantitative estimate of drug-likeness (QED) is 0.289. The predicted octanol–water partition coefficient (Wildman–Crippen LogP) is 2.07. The van der Waals surface area contributed by atoms with E-state index in [1.807, 2.05) is 0 Å². The number of ether oxygens (including phenoxy) is 1. The topological polar surface area (TPSA) is 69.2 Å². The fourth-order valence-electron chi connectivity index (χ4n) is 4.07. The summed E-state index contributed by atoms with van der Waals surface area (Å²) in [4.78, 5) is 19.2. The van der Waals surface area contributed by atoms with Gasteiger partial charge in [0.2, 0.25) is 5.91 Å². The minimum Gasteiger partial charge on any atom is -0.379 e. The number of aliphatic imine (C=N–C) groups is 1. The Hall–Kier alpha value is -0.820. The molecule has 7 nitrogen and oxygen atoms in total. The molecule has 0 aromatic carbocycles. The van der Waals surface area contributed by atoms with Gasteiger partial charge in [-0.1, -0.05) is 19.3 Å². The van der Waals surface area contributed by atoms with Gasteiger partial charge in [-0.05, 0) is 12.8 Å². The highest BCUT2D eigenvalue weighted by Gasteiger charge is 2.35. The van der Waals surface area contributed by atoms with E-state index >= 15 is 0 Å². The summed E-state index contributed by atoms with van der Waals surface area (Å²) in [6.07, 6.45) is 1.48. The summed E-state index contributed by atoms with van der Waals surface area (Å²) in [5, 5.41) is 6.14. The molecule has 1 heterocycles. The third-order valence-electron chi connectivity index (χ3n) is 5.68. The first-order valence-electron chi connectivity index (χ1n) is 10.3. The molecule has 0 atom stereocenters. The van der Waals surface area contributed by atoms with Crippen LogP contribution in [0.3, 0.4) is 0 Å². The molecule has 0 aromatic rings. The van der Waals surface area contributed by atoms with Gasteiger partial charge < -0.3 is 20.3 Å². The van der Waals surface area contributed by atoms with Crippen molar-refractivity contribution in [2.75, 3.05) is 66.6 Å². The van der Waals surface area contributed by atoms with Gasteiger partial charge in [-0.15, -0.1) is 24.0 Å². The summed E-state index contributed by atoms with van der Waals surface area (Å²) in [5.74, 6) is -0.198. The molecule has 0 aromatic heterocycles. The van der Waals surface area contributed by atoms with E-state index in [0.717, 1.165) is 59.3 Å². The Labute approximate surface area is 194 Å². The third kappa shape index (κ3) is 9.54. The van der Waals surface area contributed by atoms with Gasteiger partial charge >= 0.3 is 6.18 Å². The van der Waals surface area contributed by atoms with Gasteiger partial charge in [-0.3, -0.25) is 14.7 Å². The number of carbonyl (C=O) groups is 1. The largest absolute Gasteiger partial charge is 0.406 e. The zero-order valence-corrected chi connectivity index (χ0v) is 20.2. The lowest BCUT2D eigenvalue weighted by atomic mass is 9.73. The van der Waals surface area contributed by atoms with Crippen molar-refractivity contribution in [2.45, 2.75) is 38.3 Å². The molecule has 2 aliphatic rings. The Morgan fingerprint density at radius 3 is 2.37 bits per heavy atom. The number of guanidine groups is 1. The summed E-state index contributed by atoms with van der Waals surface area (Å²) < 4.78 is 42.7. The van der Waals surface area contributed by atoms with Crippen LogP contribution in [0.15, 0.2) is 4.99 Å². The van der Waals surface area contributed by atoms with Crippen molar-refractivity contribution >= 4 is 35.8 Å². The Morgan fingerprint density at radius 1 is 1.17 bits per heavy atom. The maximum Gasteiger partial charge on any atom is 0.406 e. The number of nitrogens with one attached hydrogen (secondary N) is 2. The van der Waals surface area contributed by atoms with E-state index < -0.39 is 18.6 Å². The Balaban J connectivity index is 0.00000450. The zero-order chi connectivity index (χ0) is 21.3. The molecular formula is C19H35F3IN5O2. The molecule has 11 heteroatoms. The number of hydrogen-bond acceptors (Lipinski definition) is 4. The highest BCUT2D eigenvalue weighted by Crippen LogP contribution is 2.36. The first kappa shape index (κ1) is 27.2. The molecule has 0 unspecified atom stereocenters.